The van der Waals surface area contributed by atoms with Crippen LogP contribution in [0.4, 0.5) is 18.0 Å². The molecule has 0 aromatic carbocycles. The third-order valence-corrected chi connectivity index (χ3v) is 1.59. The number of amides is 1. The summed E-state index contributed by atoms with van der Waals surface area (Å²) in [5.74, 6) is -1.82. The lowest BCUT2D eigenvalue weighted by Crippen LogP contribution is -2.38. The Morgan fingerprint density at radius 3 is 2.24 bits per heavy atom. The van der Waals surface area contributed by atoms with E-state index in [2.05, 4.69) is 4.84 Å². The highest BCUT2D eigenvalue weighted by atomic mass is 19.4. The first-order valence-electron chi connectivity index (χ1n) is 4.94. The molecule has 0 bridgehead atoms. The summed E-state index contributed by atoms with van der Waals surface area (Å²) in [6.45, 7) is 3.49. The Hall–Kier alpha value is -1.02. The molecule has 0 aromatic heterocycles. The number of alkyl halides is 3. The van der Waals surface area contributed by atoms with Crippen molar-refractivity contribution in [2.75, 3.05) is 13.2 Å². The normalized spacial score (nSPS) is 14.3. The molecule has 0 aliphatic rings. The number of rotatable bonds is 4. The second-order valence-electron chi connectivity index (χ2n) is 4.39. The first kappa shape index (κ1) is 16.0. The van der Waals surface area contributed by atoms with Gasteiger partial charge in [0.25, 0.3) is 0 Å². The lowest BCUT2D eigenvalue weighted by molar-refractivity contribution is -0.190. The van der Waals surface area contributed by atoms with Crippen LogP contribution in [0.25, 0.3) is 0 Å². The first-order valence-corrected chi connectivity index (χ1v) is 4.94. The molecule has 0 spiro atoms. The van der Waals surface area contributed by atoms with Crippen LogP contribution in [0.1, 0.15) is 20.8 Å². The summed E-state index contributed by atoms with van der Waals surface area (Å²) >= 11 is 0. The number of carbonyl (C=O) groups excluding carboxylic acids is 1. The highest BCUT2D eigenvalue weighted by Crippen LogP contribution is 2.25. The van der Waals surface area contributed by atoms with Crippen molar-refractivity contribution in [2.45, 2.75) is 32.5 Å². The molecule has 17 heavy (non-hydrogen) atoms. The average Bonchev–Trinajstić information content (AvgIpc) is 2.07. The summed E-state index contributed by atoms with van der Waals surface area (Å²) in [4.78, 5) is 15.4. The van der Waals surface area contributed by atoms with Gasteiger partial charge in [0, 0.05) is 6.54 Å². The zero-order chi connectivity index (χ0) is 13.7. The summed E-state index contributed by atoms with van der Waals surface area (Å²) < 4.78 is 41.4. The fourth-order valence-corrected chi connectivity index (χ4v) is 0.796. The Morgan fingerprint density at radius 2 is 1.88 bits per heavy atom. The van der Waals surface area contributed by atoms with E-state index in [0.29, 0.717) is 0 Å². The molecule has 8 heteroatoms. The number of halogens is 3. The Balaban J connectivity index is 3.95. The lowest BCUT2D eigenvalue weighted by Gasteiger charge is -2.21. The zero-order valence-electron chi connectivity index (χ0n) is 9.93. The van der Waals surface area contributed by atoms with Gasteiger partial charge in [-0.1, -0.05) is 0 Å². The quantitative estimate of drug-likeness (QED) is 0.751. The van der Waals surface area contributed by atoms with Gasteiger partial charge >= 0.3 is 12.3 Å². The van der Waals surface area contributed by atoms with E-state index in [1.807, 2.05) is 0 Å². The second kappa shape index (κ2) is 6.06. The Kier molecular flexibility index (Phi) is 5.70. The van der Waals surface area contributed by atoms with Crippen molar-refractivity contribution in [1.29, 1.82) is 0 Å². The minimum atomic E-state index is -4.45. The SMILES string of the molecule is CC(C)(C)OC(=O)NOCC(CN)C(F)(F)F. The highest BCUT2D eigenvalue weighted by Gasteiger charge is 2.39. The van der Waals surface area contributed by atoms with E-state index in [1.165, 1.54) is 0 Å². The average molecular weight is 258 g/mol. The summed E-state index contributed by atoms with van der Waals surface area (Å²) in [5.41, 5.74) is 5.95. The number of carbonyl (C=O) groups is 1. The maximum absolute atomic E-state index is 12.2. The predicted molar refractivity (Wildman–Crippen MR) is 53.9 cm³/mol. The zero-order valence-corrected chi connectivity index (χ0v) is 9.93. The standard InChI is InChI=1S/C9H17F3N2O3/c1-8(2,3)17-7(15)14-16-5-6(4-13)9(10,11)12/h6H,4-5,13H2,1-3H3,(H,14,15). The Bertz CT molecular complexity index is 251. The largest absolute Gasteiger partial charge is 0.442 e. The molecule has 102 valence electrons. The van der Waals surface area contributed by atoms with E-state index in [9.17, 15) is 18.0 Å². The van der Waals surface area contributed by atoms with Crippen LogP contribution in [0.3, 0.4) is 0 Å². The Labute approximate surface area is 97.4 Å². The van der Waals surface area contributed by atoms with Gasteiger partial charge in [-0.3, -0.25) is 4.84 Å². The van der Waals surface area contributed by atoms with E-state index >= 15 is 0 Å². The van der Waals surface area contributed by atoms with Crippen molar-refractivity contribution in [1.82, 2.24) is 5.48 Å². The van der Waals surface area contributed by atoms with Crippen LogP contribution in [0, 0.1) is 5.92 Å². The number of ether oxygens (including phenoxy) is 1. The summed E-state index contributed by atoms with van der Waals surface area (Å²) in [5, 5.41) is 0. The van der Waals surface area contributed by atoms with Crippen molar-refractivity contribution in [2.24, 2.45) is 11.7 Å². The molecule has 0 fully saturated rings. The van der Waals surface area contributed by atoms with Gasteiger partial charge in [-0.05, 0) is 20.8 Å². The molecule has 0 aromatic rings. The van der Waals surface area contributed by atoms with E-state index in [1.54, 1.807) is 26.3 Å². The van der Waals surface area contributed by atoms with Crippen LogP contribution in [-0.2, 0) is 9.57 Å². The molecule has 1 amide bonds. The lowest BCUT2D eigenvalue weighted by atomic mass is 10.1. The van der Waals surface area contributed by atoms with Crippen LogP contribution < -0.4 is 11.2 Å². The minimum Gasteiger partial charge on any atom is -0.442 e. The maximum Gasteiger partial charge on any atom is 0.431 e. The number of hydroxylamine groups is 1. The number of hydrogen-bond acceptors (Lipinski definition) is 4. The van der Waals surface area contributed by atoms with Crippen LogP contribution in [0.2, 0.25) is 0 Å². The molecular weight excluding hydrogens is 241 g/mol. The van der Waals surface area contributed by atoms with Crippen molar-refractivity contribution in [3.05, 3.63) is 0 Å². The van der Waals surface area contributed by atoms with E-state index in [4.69, 9.17) is 10.5 Å². The minimum absolute atomic E-state index is 0.612. The van der Waals surface area contributed by atoms with Gasteiger partial charge in [-0.15, -0.1) is 0 Å². The summed E-state index contributed by atoms with van der Waals surface area (Å²) in [7, 11) is 0. The summed E-state index contributed by atoms with van der Waals surface area (Å²) in [6, 6.07) is 0. The molecule has 0 aliphatic heterocycles. The number of hydrogen-bond donors (Lipinski definition) is 2. The van der Waals surface area contributed by atoms with Crippen molar-refractivity contribution < 1.29 is 27.5 Å². The molecule has 1 unspecified atom stereocenters. The molecule has 3 N–H and O–H groups in total. The molecule has 0 saturated heterocycles. The fraction of sp³-hybridized carbons (Fsp3) is 0.889. The van der Waals surface area contributed by atoms with Gasteiger partial charge in [0.05, 0.1) is 12.5 Å². The van der Waals surface area contributed by atoms with Gasteiger partial charge < -0.3 is 10.5 Å². The first-order chi connectivity index (χ1) is 7.56. The Morgan fingerprint density at radius 1 is 1.35 bits per heavy atom. The van der Waals surface area contributed by atoms with Crippen molar-refractivity contribution in [3.63, 3.8) is 0 Å². The molecule has 1 atom stereocenters. The van der Waals surface area contributed by atoms with Crippen LogP contribution in [0.5, 0.6) is 0 Å². The van der Waals surface area contributed by atoms with E-state index in [-0.39, 0.29) is 0 Å². The molecule has 0 radical (unpaired) electrons. The smallest absolute Gasteiger partial charge is 0.431 e. The molecule has 0 aliphatic carbocycles. The van der Waals surface area contributed by atoms with E-state index < -0.39 is 36.9 Å². The van der Waals surface area contributed by atoms with E-state index in [0.717, 1.165) is 0 Å². The van der Waals surface area contributed by atoms with Crippen LogP contribution >= 0.6 is 0 Å². The van der Waals surface area contributed by atoms with Gasteiger partial charge in [0.15, 0.2) is 0 Å². The second-order valence-corrected chi connectivity index (χ2v) is 4.39. The topological polar surface area (TPSA) is 73.6 Å². The molecule has 0 heterocycles. The highest BCUT2D eigenvalue weighted by molar-refractivity contribution is 5.66. The van der Waals surface area contributed by atoms with Crippen molar-refractivity contribution in [3.8, 4) is 0 Å². The monoisotopic (exact) mass is 258 g/mol. The van der Waals surface area contributed by atoms with Gasteiger partial charge in [0.1, 0.15) is 5.60 Å². The third kappa shape index (κ3) is 7.81. The summed E-state index contributed by atoms with van der Waals surface area (Å²) in [6.07, 6.45) is -5.40. The molecule has 5 nitrogen and oxygen atoms in total. The van der Waals surface area contributed by atoms with Gasteiger partial charge in [-0.25, -0.2) is 4.79 Å². The predicted octanol–water partition coefficient (Wildman–Crippen LogP) is 1.58. The molecular formula is C9H17F3N2O3. The maximum atomic E-state index is 12.2. The third-order valence-electron chi connectivity index (χ3n) is 1.59. The van der Waals surface area contributed by atoms with Gasteiger partial charge in [-0.2, -0.15) is 18.7 Å². The van der Waals surface area contributed by atoms with Crippen LogP contribution in [-0.4, -0.2) is 31.0 Å². The van der Waals surface area contributed by atoms with Gasteiger partial charge in [0.2, 0.25) is 0 Å². The number of nitrogens with two attached hydrogens (primary N) is 1. The van der Waals surface area contributed by atoms with Crippen molar-refractivity contribution >= 4 is 6.09 Å². The number of nitrogens with one attached hydrogen (secondary N) is 1. The molecule has 0 rings (SSSR count). The fourth-order valence-electron chi connectivity index (χ4n) is 0.796. The molecule has 0 saturated carbocycles. The van der Waals surface area contributed by atoms with Crippen LogP contribution in [0.15, 0.2) is 0 Å².